The molecule has 1 aromatic heterocycles. The second kappa shape index (κ2) is 4.75. The Labute approximate surface area is 98.5 Å². The molecule has 90 valence electrons. The van der Waals surface area contributed by atoms with Crippen molar-refractivity contribution in [3.8, 4) is 0 Å². The fourth-order valence-electron chi connectivity index (χ4n) is 1.71. The maximum absolute atomic E-state index is 13.1. The molecule has 0 bridgehead atoms. The van der Waals surface area contributed by atoms with E-state index in [1.165, 1.54) is 0 Å². The number of hydrogen-bond acceptors (Lipinski definition) is 2. The van der Waals surface area contributed by atoms with E-state index in [0.29, 0.717) is 23.4 Å². The summed E-state index contributed by atoms with van der Waals surface area (Å²) in [5, 5.41) is 0.605. The zero-order valence-corrected chi connectivity index (χ0v) is 9.58. The Morgan fingerprint density at radius 1 is 1.24 bits per heavy atom. The van der Waals surface area contributed by atoms with Gasteiger partial charge in [-0.15, -0.1) is 0 Å². The lowest BCUT2D eigenvalue weighted by molar-refractivity contribution is 0.510. The van der Waals surface area contributed by atoms with Crippen molar-refractivity contribution < 1.29 is 8.78 Å². The molecule has 0 spiro atoms. The molecule has 2 nitrogen and oxygen atoms in total. The van der Waals surface area contributed by atoms with Crippen molar-refractivity contribution in [3.63, 3.8) is 0 Å². The van der Waals surface area contributed by atoms with Gasteiger partial charge in [0.05, 0.1) is 5.52 Å². The molecule has 0 amide bonds. The molecule has 1 heterocycles. The van der Waals surface area contributed by atoms with E-state index in [4.69, 9.17) is 5.73 Å². The smallest absolute Gasteiger partial charge is 0.161 e. The molecule has 0 radical (unpaired) electrons. The number of nitrogens with two attached hydrogens (primary N) is 1. The van der Waals surface area contributed by atoms with E-state index in [1.807, 2.05) is 13.0 Å². The Hall–Kier alpha value is -1.55. The number of fused-ring (bicyclic) bond motifs is 1. The number of pyridine rings is 1. The average Bonchev–Trinajstić information content (AvgIpc) is 2.31. The maximum atomic E-state index is 13.1. The average molecular weight is 236 g/mol. The lowest BCUT2D eigenvalue weighted by atomic mass is 10.0. The molecule has 0 aliphatic carbocycles. The number of rotatable bonds is 3. The van der Waals surface area contributed by atoms with E-state index < -0.39 is 11.6 Å². The number of nitrogens with zero attached hydrogens (tertiary/aromatic N) is 1. The minimum Gasteiger partial charge on any atom is -0.330 e. The molecule has 0 aliphatic rings. The largest absolute Gasteiger partial charge is 0.330 e. The van der Waals surface area contributed by atoms with Crippen LogP contribution in [-0.4, -0.2) is 11.5 Å². The van der Waals surface area contributed by atoms with E-state index in [0.717, 1.165) is 24.2 Å². The van der Waals surface area contributed by atoms with Gasteiger partial charge in [-0.25, -0.2) is 8.78 Å². The summed E-state index contributed by atoms with van der Waals surface area (Å²) in [7, 11) is 0. The van der Waals surface area contributed by atoms with Crippen LogP contribution in [0.3, 0.4) is 0 Å². The molecule has 17 heavy (non-hydrogen) atoms. The monoisotopic (exact) mass is 236 g/mol. The van der Waals surface area contributed by atoms with Crippen molar-refractivity contribution in [1.82, 2.24) is 4.98 Å². The lowest BCUT2D eigenvalue weighted by Gasteiger charge is -2.08. The minimum absolute atomic E-state index is 0.324. The van der Waals surface area contributed by atoms with Gasteiger partial charge in [-0.2, -0.15) is 0 Å². The Morgan fingerprint density at radius 2 is 1.94 bits per heavy atom. The first-order valence-corrected chi connectivity index (χ1v) is 5.55. The summed E-state index contributed by atoms with van der Waals surface area (Å²) >= 11 is 0. The number of hydrogen-bond donors (Lipinski definition) is 1. The van der Waals surface area contributed by atoms with Crippen LogP contribution in [0.5, 0.6) is 0 Å². The molecule has 2 N–H and O–H groups in total. The topological polar surface area (TPSA) is 38.9 Å². The van der Waals surface area contributed by atoms with Crippen molar-refractivity contribution in [2.24, 2.45) is 11.7 Å². The zero-order valence-electron chi connectivity index (χ0n) is 9.58. The fourth-order valence-corrected chi connectivity index (χ4v) is 1.71. The first kappa shape index (κ1) is 11.9. The third-order valence-corrected chi connectivity index (χ3v) is 2.75. The van der Waals surface area contributed by atoms with Crippen LogP contribution >= 0.6 is 0 Å². The second-order valence-corrected chi connectivity index (χ2v) is 4.31. The van der Waals surface area contributed by atoms with Gasteiger partial charge in [0.1, 0.15) is 0 Å². The lowest BCUT2D eigenvalue weighted by Crippen LogP contribution is -2.13. The first-order valence-electron chi connectivity index (χ1n) is 5.55. The first-order chi connectivity index (χ1) is 8.10. The number of halogens is 2. The van der Waals surface area contributed by atoms with Crippen LogP contribution in [0.4, 0.5) is 8.78 Å². The Balaban J connectivity index is 2.40. The van der Waals surface area contributed by atoms with Crippen LogP contribution < -0.4 is 5.73 Å². The predicted molar refractivity (Wildman–Crippen MR) is 63.6 cm³/mol. The van der Waals surface area contributed by atoms with Crippen LogP contribution in [0.1, 0.15) is 12.6 Å². The highest BCUT2D eigenvalue weighted by Gasteiger charge is 2.07. The molecule has 0 saturated heterocycles. The van der Waals surface area contributed by atoms with E-state index in [-0.39, 0.29) is 0 Å². The molecule has 2 rings (SSSR count). The third kappa shape index (κ3) is 2.58. The Bertz CT molecular complexity index is 540. The number of aromatic nitrogens is 1. The SMILES string of the molecule is CC(CN)Cc1ccc2cc(F)c(F)cc2n1. The van der Waals surface area contributed by atoms with Crippen molar-refractivity contribution in [2.45, 2.75) is 13.3 Å². The van der Waals surface area contributed by atoms with Gasteiger partial charge in [-0.1, -0.05) is 13.0 Å². The number of benzene rings is 1. The standard InChI is InChI=1S/C13H14F2N2/c1-8(7-16)4-10-3-2-9-5-11(14)12(15)6-13(9)17-10/h2-3,5-6,8H,4,7,16H2,1H3. The summed E-state index contributed by atoms with van der Waals surface area (Å²) in [6.45, 7) is 2.61. The molecule has 1 aromatic carbocycles. The van der Waals surface area contributed by atoms with Gasteiger partial charge < -0.3 is 5.73 Å². The molecular weight excluding hydrogens is 222 g/mol. The summed E-state index contributed by atoms with van der Waals surface area (Å²) in [5.74, 6) is -1.39. The van der Waals surface area contributed by atoms with Gasteiger partial charge in [0.15, 0.2) is 11.6 Å². The van der Waals surface area contributed by atoms with Crippen LogP contribution in [0.15, 0.2) is 24.3 Å². The second-order valence-electron chi connectivity index (χ2n) is 4.31. The summed E-state index contributed by atoms with van der Waals surface area (Å²) in [6, 6.07) is 5.87. The quantitative estimate of drug-likeness (QED) is 0.889. The Morgan fingerprint density at radius 3 is 2.65 bits per heavy atom. The van der Waals surface area contributed by atoms with Gasteiger partial charge in [0, 0.05) is 17.1 Å². The maximum Gasteiger partial charge on any atom is 0.161 e. The van der Waals surface area contributed by atoms with Gasteiger partial charge in [0.25, 0.3) is 0 Å². The molecule has 0 fully saturated rings. The van der Waals surface area contributed by atoms with Gasteiger partial charge >= 0.3 is 0 Å². The highest BCUT2D eigenvalue weighted by atomic mass is 19.2. The predicted octanol–water partition coefficient (Wildman–Crippen LogP) is 2.65. The van der Waals surface area contributed by atoms with Gasteiger partial charge in [0.2, 0.25) is 0 Å². The van der Waals surface area contributed by atoms with Crippen molar-refractivity contribution in [3.05, 3.63) is 41.6 Å². The van der Waals surface area contributed by atoms with Crippen LogP contribution in [0.25, 0.3) is 10.9 Å². The van der Waals surface area contributed by atoms with Crippen LogP contribution in [-0.2, 0) is 6.42 Å². The van der Waals surface area contributed by atoms with Crippen LogP contribution in [0, 0.1) is 17.6 Å². The van der Waals surface area contributed by atoms with E-state index in [9.17, 15) is 8.78 Å². The van der Waals surface area contributed by atoms with Crippen LogP contribution in [0.2, 0.25) is 0 Å². The van der Waals surface area contributed by atoms with Crippen molar-refractivity contribution in [1.29, 1.82) is 0 Å². The van der Waals surface area contributed by atoms with E-state index >= 15 is 0 Å². The Kier molecular flexibility index (Phi) is 3.33. The molecule has 2 aromatic rings. The molecule has 1 unspecified atom stereocenters. The minimum atomic E-state index is -0.867. The van der Waals surface area contributed by atoms with Gasteiger partial charge in [-0.3, -0.25) is 4.98 Å². The highest BCUT2D eigenvalue weighted by molar-refractivity contribution is 5.78. The van der Waals surface area contributed by atoms with Gasteiger partial charge in [-0.05, 0) is 31.0 Å². The molecule has 1 atom stereocenters. The third-order valence-electron chi connectivity index (χ3n) is 2.75. The summed E-state index contributed by atoms with van der Waals surface area (Å²) in [4.78, 5) is 4.30. The molecular formula is C13H14F2N2. The van der Waals surface area contributed by atoms with E-state index in [2.05, 4.69) is 4.98 Å². The van der Waals surface area contributed by atoms with Crippen molar-refractivity contribution in [2.75, 3.05) is 6.54 Å². The highest BCUT2D eigenvalue weighted by Crippen LogP contribution is 2.18. The zero-order chi connectivity index (χ0) is 12.4. The summed E-state index contributed by atoms with van der Waals surface area (Å²) in [5.41, 5.74) is 6.87. The molecule has 4 heteroatoms. The molecule has 0 aliphatic heterocycles. The summed E-state index contributed by atoms with van der Waals surface area (Å²) in [6.07, 6.45) is 0.742. The fraction of sp³-hybridized carbons (Fsp3) is 0.308. The molecule has 0 saturated carbocycles. The van der Waals surface area contributed by atoms with Crippen molar-refractivity contribution >= 4 is 10.9 Å². The normalized spacial score (nSPS) is 12.9. The summed E-state index contributed by atoms with van der Waals surface area (Å²) < 4.78 is 26.1. The van der Waals surface area contributed by atoms with E-state index in [1.54, 1.807) is 6.07 Å².